The molecule has 4 bridgehead atoms. The topological polar surface area (TPSA) is 51.8 Å². The molecule has 2 aromatic heterocycles. The van der Waals surface area contributed by atoms with Gasteiger partial charge in [0.05, 0.1) is 5.41 Å². The Kier molecular flexibility index (Phi) is 7.57. The molecule has 8 aromatic carbocycles. The van der Waals surface area contributed by atoms with Crippen molar-refractivity contribution in [3.05, 3.63) is 221 Å². The number of para-hydroxylation sites is 2. The normalized spacial score (nSPS) is 22.4. The van der Waals surface area contributed by atoms with Gasteiger partial charge in [-0.3, -0.25) is 0 Å². The zero-order valence-electron chi connectivity index (χ0n) is 36.5. The van der Waals surface area contributed by atoms with Crippen LogP contribution in [0.15, 0.2) is 192 Å². The highest BCUT2D eigenvalue weighted by Gasteiger charge is 2.64. The van der Waals surface area contributed by atoms with Crippen molar-refractivity contribution in [1.29, 1.82) is 0 Å². The molecule has 0 amide bonds. The van der Waals surface area contributed by atoms with E-state index in [2.05, 4.69) is 176 Å². The molecule has 6 aliphatic rings. The van der Waals surface area contributed by atoms with Crippen LogP contribution in [0.5, 0.6) is 0 Å². The standard InChI is InChI=1S/C62H45N3O/c1-2-13-40(14-3-1)58-63-59(41-27-25-39(26-28-41)45-18-12-19-49-48-17-6-11-24-56(48)66-57(45)49)65-60(64-58)42-29-30-54-55(36-42)61(43-32-37-31-38(34-43)35-44(61)33-37)52-22-9-10-23-53(52)62(54)50-20-7-4-15-46(50)47-16-5-8-21-51(47)62/h1-30,36-38,43-44H,31-35H2. The van der Waals surface area contributed by atoms with Gasteiger partial charge in [-0.25, -0.2) is 15.0 Å². The van der Waals surface area contributed by atoms with Crippen molar-refractivity contribution in [2.45, 2.75) is 42.9 Å². The first-order valence-corrected chi connectivity index (χ1v) is 23.9. The number of fused-ring (bicyclic) bond motifs is 12. The van der Waals surface area contributed by atoms with Gasteiger partial charge in [0, 0.05) is 38.4 Å². The van der Waals surface area contributed by atoms with Crippen LogP contribution in [0.4, 0.5) is 0 Å². The van der Waals surface area contributed by atoms with Crippen LogP contribution < -0.4 is 0 Å². The van der Waals surface area contributed by atoms with E-state index in [-0.39, 0.29) is 5.41 Å². The van der Waals surface area contributed by atoms with E-state index in [4.69, 9.17) is 19.4 Å². The molecule has 0 aliphatic heterocycles. The van der Waals surface area contributed by atoms with Crippen LogP contribution >= 0.6 is 0 Å². The Morgan fingerprint density at radius 1 is 0.364 bits per heavy atom. The van der Waals surface area contributed by atoms with Gasteiger partial charge in [-0.15, -0.1) is 0 Å². The Hall–Kier alpha value is -7.43. The first-order valence-electron chi connectivity index (χ1n) is 23.9. The average molecular weight is 848 g/mol. The van der Waals surface area contributed by atoms with Gasteiger partial charge in [0.1, 0.15) is 11.2 Å². The summed E-state index contributed by atoms with van der Waals surface area (Å²) >= 11 is 0. The van der Waals surface area contributed by atoms with Gasteiger partial charge in [0.2, 0.25) is 0 Å². The predicted octanol–water partition coefficient (Wildman–Crippen LogP) is 14.9. The van der Waals surface area contributed by atoms with Gasteiger partial charge in [-0.05, 0) is 118 Å². The molecule has 6 aliphatic carbocycles. The Labute approximate surface area is 384 Å². The quantitative estimate of drug-likeness (QED) is 0.177. The fourth-order valence-electron chi connectivity index (χ4n) is 14.6. The summed E-state index contributed by atoms with van der Waals surface area (Å²) in [5.74, 6) is 4.88. The number of aromatic nitrogens is 3. The largest absolute Gasteiger partial charge is 0.455 e. The summed E-state index contributed by atoms with van der Waals surface area (Å²) in [6.45, 7) is 0. The second-order valence-electron chi connectivity index (χ2n) is 19.9. The van der Waals surface area contributed by atoms with Crippen LogP contribution in [0.1, 0.15) is 65.5 Å². The lowest BCUT2D eigenvalue weighted by Gasteiger charge is -2.65. The zero-order valence-corrected chi connectivity index (χ0v) is 36.5. The van der Waals surface area contributed by atoms with Crippen LogP contribution in [-0.4, -0.2) is 15.0 Å². The third-order valence-electron chi connectivity index (χ3n) is 16.8. The highest BCUT2D eigenvalue weighted by molar-refractivity contribution is 6.09. The molecule has 0 saturated heterocycles. The fourth-order valence-corrected chi connectivity index (χ4v) is 14.6. The number of benzene rings is 8. The molecule has 314 valence electrons. The molecule has 0 atom stereocenters. The molecule has 2 spiro atoms. The summed E-state index contributed by atoms with van der Waals surface area (Å²) in [6.07, 6.45) is 6.63. The van der Waals surface area contributed by atoms with Crippen LogP contribution in [0.25, 0.3) is 78.4 Å². The lowest BCUT2D eigenvalue weighted by molar-refractivity contribution is -0.0440. The SMILES string of the molecule is c1ccc(-c2nc(-c3ccc(-c4cccc5c4oc4ccccc45)cc3)nc(-c3ccc4c(c3)C3(c5ccccc5C45c4ccccc4-c4ccccc45)C4CC5CC(C4)CC3C5)n2)cc1. The van der Waals surface area contributed by atoms with Gasteiger partial charge in [-0.1, -0.05) is 176 Å². The van der Waals surface area contributed by atoms with Gasteiger partial charge >= 0.3 is 0 Å². The second-order valence-corrected chi connectivity index (χ2v) is 19.9. The number of hydrogen-bond donors (Lipinski definition) is 0. The second kappa shape index (κ2) is 13.6. The van der Waals surface area contributed by atoms with Crippen LogP contribution in [0.3, 0.4) is 0 Å². The first kappa shape index (κ1) is 36.9. The van der Waals surface area contributed by atoms with Crippen molar-refractivity contribution in [2.75, 3.05) is 0 Å². The van der Waals surface area contributed by atoms with Crippen LogP contribution in [0, 0.1) is 23.7 Å². The van der Waals surface area contributed by atoms with Crippen molar-refractivity contribution in [1.82, 2.24) is 15.0 Å². The van der Waals surface area contributed by atoms with E-state index >= 15 is 0 Å². The zero-order chi connectivity index (χ0) is 43.1. The Bertz CT molecular complexity index is 3550. The molecule has 4 heteroatoms. The third kappa shape index (κ3) is 4.86. The maximum absolute atomic E-state index is 6.45. The summed E-state index contributed by atoms with van der Waals surface area (Å²) in [6, 6.07) is 69.2. The van der Waals surface area contributed by atoms with Crippen molar-refractivity contribution in [3.8, 4) is 56.4 Å². The Morgan fingerprint density at radius 3 is 1.56 bits per heavy atom. The summed E-state index contributed by atoms with van der Waals surface area (Å²) < 4.78 is 6.45. The Balaban J connectivity index is 0.944. The van der Waals surface area contributed by atoms with E-state index in [9.17, 15) is 0 Å². The monoisotopic (exact) mass is 847 g/mol. The molecule has 0 radical (unpaired) electrons. The molecule has 4 nitrogen and oxygen atoms in total. The molecule has 16 rings (SSSR count). The summed E-state index contributed by atoms with van der Waals surface area (Å²) in [4.78, 5) is 16.0. The minimum Gasteiger partial charge on any atom is -0.455 e. The van der Waals surface area contributed by atoms with Crippen molar-refractivity contribution < 1.29 is 4.42 Å². The van der Waals surface area contributed by atoms with E-state index < -0.39 is 5.41 Å². The lowest BCUT2D eigenvalue weighted by Crippen LogP contribution is -2.59. The van der Waals surface area contributed by atoms with Gasteiger partial charge in [0.15, 0.2) is 17.5 Å². The molecule has 2 heterocycles. The molecule has 10 aromatic rings. The molecule has 4 fully saturated rings. The first-order chi connectivity index (χ1) is 32.7. The Morgan fingerprint density at radius 2 is 0.864 bits per heavy atom. The van der Waals surface area contributed by atoms with Gasteiger partial charge < -0.3 is 4.42 Å². The van der Waals surface area contributed by atoms with Crippen molar-refractivity contribution in [2.24, 2.45) is 23.7 Å². The number of furan rings is 1. The van der Waals surface area contributed by atoms with E-state index in [1.54, 1.807) is 5.56 Å². The third-order valence-corrected chi connectivity index (χ3v) is 16.8. The smallest absolute Gasteiger partial charge is 0.164 e. The van der Waals surface area contributed by atoms with Gasteiger partial charge in [0.25, 0.3) is 0 Å². The molecule has 0 N–H and O–H groups in total. The van der Waals surface area contributed by atoms with Crippen molar-refractivity contribution in [3.63, 3.8) is 0 Å². The van der Waals surface area contributed by atoms with Crippen LogP contribution in [0.2, 0.25) is 0 Å². The number of rotatable bonds is 4. The van der Waals surface area contributed by atoms with E-state index in [0.29, 0.717) is 29.3 Å². The summed E-state index contributed by atoms with van der Waals surface area (Å²) in [5, 5.41) is 2.25. The highest BCUT2D eigenvalue weighted by atomic mass is 16.3. The van der Waals surface area contributed by atoms with Crippen molar-refractivity contribution >= 4 is 21.9 Å². The van der Waals surface area contributed by atoms with Crippen LogP contribution in [-0.2, 0) is 10.8 Å². The van der Waals surface area contributed by atoms with Gasteiger partial charge in [-0.2, -0.15) is 0 Å². The minimum atomic E-state index is -0.439. The molecular formula is C62H45N3O. The van der Waals surface area contributed by atoms with E-state index in [0.717, 1.165) is 61.6 Å². The molecule has 4 saturated carbocycles. The minimum absolute atomic E-state index is 0.0935. The number of hydrogen-bond acceptors (Lipinski definition) is 4. The maximum atomic E-state index is 6.45. The van der Waals surface area contributed by atoms with E-state index in [1.807, 2.05) is 12.1 Å². The highest BCUT2D eigenvalue weighted by Crippen LogP contribution is 2.71. The van der Waals surface area contributed by atoms with E-state index in [1.165, 1.54) is 71.0 Å². The maximum Gasteiger partial charge on any atom is 0.164 e. The molecule has 0 unspecified atom stereocenters. The average Bonchev–Trinajstić information content (AvgIpc) is 3.90. The fraction of sp³-hybridized carbons (Fsp3) is 0.177. The molecule has 66 heavy (non-hydrogen) atoms. The molecular weight excluding hydrogens is 803 g/mol. The lowest BCUT2D eigenvalue weighted by atomic mass is 9.38. The predicted molar refractivity (Wildman–Crippen MR) is 264 cm³/mol. The number of nitrogens with zero attached hydrogens (tertiary/aromatic N) is 3. The summed E-state index contributed by atoms with van der Waals surface area (Å²) in [7, 11) is 0. The summed E-state index contributed by atoms with van der Waals surface area (Å²) in [5.41, 5.74) is 17.8.